The van der Waals surface area contributed by atoms with Crippen molar-refractivity contribution >= 4 is 23.6 Å². The van der Waals surface area contributed by atoms with E-state index in [9.17, 15) is 9.59 Å². The van der Waals surface area contributed by atoms with Crippen molar-refractivity contribution in [1.82, 2.24) is 10.2 Å². The Morgan fingerprint density at radius 1 is 1.06 bits per heavy atom. The maximum absolute atomic E-state index is 13.3. The number of rotatable bonds is 11. The second-order valence-electron chi connectivity index (χ2n) is 8.66. The highest BCUT2D eigenvalue weighted by Crippen LogP contribution is 2.20. The third kappa shape index (κ3) is 7.13. The molecule has 172 valence electrons. The fourth-order valence-corrected chi connectivity index (χ4v) is 5.35. The molecule has 0 unspecified atom stereocenters. The normalized spacial score (nSPS) is 14.8. The van der Waals surface area contributed by atoms with E-state index in [-0.39, 0.29) is 17.9 Å². The average molecular weight is 453 g/mol. The third-order valence-corrected chi connectivity index (χ3v) is 7.28. The Bertz CT molecular complexity index is 865. The quantitative estimate of drug-likeness (QED) is 0.514. The molecule has 2 aromatic carbocycles. The van der Waals surface area contributed by atoms with Crippen LogP contribution < -0.4 is 5.32 Å². The smallest absolute Gasteiger partial charge is 0.243 e. The van der Waals surface area contributed by atoms with Gasteiger partial charge in [-0.1, -0.05) is 74.4 Å². The topological polar surface area (TPSA) is 49.4 Å². The van der Waals surface area contributed by atoms with Crippen molar-refractivity contribution in [1.29, 1.82) is 0 Å². The Morgan fingerprint density at radius 3 is 2.44 bits per heavy atom. The number of aryl methyl sites for hydroxylation is 1. The molecule has 4 nitrogen and oxygen atoms in total. The van der Waals surface area contributed by atoms with Crippen LogP contribution in [0.1, 0.15) is 55.7 Å². The van der Waals surface area contributed by atoms with Crippen molar-refractivity contribution in [2.24, 2.45) is 0 Å². The van der Waals surface area contributed by atoms with Crippen molar-refractivity contribution < 1.29 is 9.59 Å². The first-order valence-corrected chi connectivity index (χ1v) is 13.0. The molecule has 0 spiro atoms. The monoisotopic (exact) mass is 452 g/mol. The Morgan fingerprint density at radius 2 is 1.75 bits per heavy atom. The summed E-state index contributed by atoms with van der Waals surface area (Å²) < 4.78 is 0. The molecule has 0 saturated heterocycles. The molecule has 0 bridgehead atoms. The van der Waals surface area contributed by atoms with Crippen molar-refractivity contribution in [3.05, 3.63) is 71.3 Å². The molecule has 2 aromatic rings. The standard InChI is InChI=1S/C27H36N2O2S/c1-3-25(27(31)28-24-15-9-10-16-24)29(18-17-22-12-5-4-6-13-22)26(30)20-32-19-23-14-8-7-11-21(23)2/h4-8,11-14,24-25H,3,9-10,15-20H2,1-2H3,(H,28,31)/t25-/m0/s1. The van der Waals surface area contributed by atoms with E-state index in [1.807, 2.05) is 42.2 Å². The minimum Gasteiger partial charge on any atom is -0.352 e. The molecular weight excluding hydrogens is 416 g/mol. The van der Waals surface area contributed by atoms with Crippen LogP contribution in [0.5, 0.6) is 0 Å². The van der Waals surface area contributed by atoms with Crippen LogP contribution >= 0.6 is 11.8 Å². The van der Waals surface area contributed by atoms with Gasteiger partial charge >= 0.3 is 0 Å². The number of carbonyl (C=O) groups is 2. The lowest BCUT2D eigenvalue weighted by Crippen LogP contribution is -2.52. The number of nitrogens with one attached hydrogen (secondary N) is 1. The minimum atomic E-state index is -0.411. The zero-order valence-electron chi connectivity index (χ0n) is 19.4. The van der Waals surface area contributed by atoms with Gasteiger partial charge in [-0.2, -0.15) is 0 Å². The molecule has 32 heavy (non-hydrogen) atoms. The molecular formula is C27H36N2O2S. The fraction of sp³-hybridized carbons (Fsp3) is 0.481. The van der Waals surface area contributed by atoms with E-state index < -0.39 is 6.04 Å². The average Bonchev–Trinajstić information content (AvgIpc) is 3.31. The summed E-state index contributed by atoms with van der Waals surface area (Å²) >= 11 is 1.63. The summed E-state index contributed by atoms with van der Waals surface area (Å²) in [6.07, 6.45) is 5.82. The first-order chi connectivity index (χ1) is 15.6. The summed E-state index contributed by atoms with van der Waals surface area (Å²) in [5, 5.41) is 3.21. The molecule has 0 aromatic heterocycles. The molecule has 0 heterocycles. The van der Waals surface area contributed by atoms with Crippen molar-refractivity contribution in [3.8, 4) is 0 Å². The highest BCUT2D eigenvalue weighted by atomic mass is 32.2. The lowest BCUT2D eigenvalue weighted by atomic mass is 10.1. The first kappa shape index (κ1) is 24.4. The van der Waals surface area contributed by atoms with E-state index >= 15 is 0 Å². The summed E-state index contributed by atoms with van der Waals surface area (Å²) in [5.74, 6) is 1.24. The SMILES string of the molecule is CC[C@@H](C(=O)NC1CCCC1)N(CCc1ccccc1)C(=O)CSCc1ccccc1C. The maximum Gasteiger partial charge on any atom is 0.243 e. The number of hydrogen-bond donors (Lipinski definition) is 1. The third-order valence-electron chi connectivity index (χ3n) is 6.32. The first-order valence-electron chi connectivity index (χ1n) is 11.8. The van der Waals surface area contributed by atoms with Gasteiger partial charge in [-0.3, -0.25) is 9.59 Å². The van der Waals surface area contributed by atoms with Crippen LogP contribution in [-0.2, 0) is 21.8 Å². The van der Waals surface area contributed by atoms with Crippen LogP contribution in [0.25, 0.3) is 0 Å². The highest BCUT2D eigenvalue weighted by Gasteiger charge is 2.30. The number of thioether (sulfide) groups is 1. The van der Waals surface area contributed by atoms with Gasteiger partial charge in [0.15, 0.2) is 0 Å². The van der Waals surface area contributed by atoms with Gasteiger partial charge in [0.2, 0.25) is 11.8 Å². The van der Waals surface area contributed by atoms with Crippen molar-refractivity contribution in [3.63, 3.8) is 0 Å². The van der Waals surface area contributed by atoms with Crippen LogP contribution in [0.3, 0.4) is 0 Å². The predicted octanol–water partition coefficient (Wildman–Crippen LogP) is 5.14. The van der Waals surface area contributed by atoms with Crippen LogP contribution in [0.15, 0.2) is 54.6 Å². The maximum atomic E-state index is 13.3. The predicted molar refractivity (Wildman–Crippen MR) is 134 cm³/mol. The lowest BCUT2D eigenvalue weighted by molar-refractivity contribution is -0.139. The van der Waals surface area contributed by atoms with Gasteiger partial charge in [0.25, 0.3) is 0 Å². The van der Waals surface area contributed by atoms with E-state index in [2.05, 4.69) is 36.5 Å². The van der Waals surface area contributed by atoms with E-state index in [0.717, 1.165) is 25.0 Å². The zero-order chi connectivity index (χ0) is 22.8. The number of hydrogen-bond acceptors (Lipinski definition) is 3. The summed E-state index contributed by atoms with van der Waals surface area (Å²) in [4.78, 5) is 28.2. The molecule has 1 aliphatic rings. The van der Waals surface area contributed by atoms with Crippen LogP contribution in [0.4, 0.5) is 0 Å². The van der Waals surface area contributed by atoms with Gasteiger partial charge in [-0.15, -0.1) is 11.8 Å². The van der Waals surface area contributed by atoms with Gasteiger partial charge in [-0.25, -0.2) is 0 Å². The highest BCUT2D eigenvalue weighted by molar-refractivity contribution is 7.99. The Labute approximate surface area is 197 Å². The van der Waals surface area contributed by atoms with Gasteiger partial charge < -0.3 is 10.2 Å². The van der Waals surface area contributed by atoms with E-state index in [4.69, 9.17) is 0 Å². The van der Waals surface area contributed by atoms with Crippen molar-refractivity contribution in [2.75, 3.05) is 12.3 Å². The zero-order valence-corrected chi connectivity index (χ0v) is 20.2. The van der Waals surface area contributed by atoms with Crippen LogP contribution in [-0.4, -0.2) is 41.1 Å². The van der Waals surface area contributed by atoms with Gasteiger partial charge in [0, 0.05) is 18.3 Å². The number of carbonyl (C=O) groups excluding carboxylic acids is 2. The molecule has 1 atom stereocenters. The lowest BCUT2D eigenvalue weighted by Gasteiger charge is -2.31. The van der Waals surface area contributed by atoms with E-state index in [1.165, 1.54) is 29.5 Å². The van der Waals surface area contributed by atoms with Crippen molar-refractivity contribution in [2.45, 2.75) is 70.2 Å². The molecule has 0 radical (unpaired) electrons. The number of benzene rings is 2. The van der Waals surface area contributed by atoms with Gasteiger partial charge in [0.1, 0.15) is 6.04 Å². The summed E-state index contributed by atoms with van der Waals surface area (Å²) in [5.41, 5.74) is 3.69. The Balaban J connectivity index is 1.65. The number of nitrogens with zero attached hydrogens (tertiary/aromatic N) is 1. The van der Waals surface area contributed by atoms with E-state index in [0.29, 0.717) is 18.7 Å². The number of amides is 2. The largest absolute Gasteiger partial charge is 0.352 e. The van der Waals surface area contributed by atoms with Crippen LogP contribution in [0, 0.1) is 6.92 Å². The fourth-order valence-electron chi connectivity index (χ4n) is 4.37. The molecule has 1 fully saturated rings. The second kappa shape index (κ2) is 12.7. The molecule has 1 N–H and O–H groups in total. The molecule has 1 saturated carbocycles. The summed E-state index contributed by atoms with van der Waals surface area (Å²) in [7, 11) is 0. The Hall–Kier alpha value is -2.27. The minimum absolute atomic E-state index is 0.00437. The summed E-state index contributed by atoms with van der Waals surface area (Å²) in [6.45, 7) is 4.66. The molecule has 5 heteroatoms. The summed E-state index contributed by atoms with van der Waals surface area (Å²) in [6, 6.07) is 18.3. The van der Waals surface area contributed by atoms with Gasteiger partial charge in [-0.05, 0) is 49.3 Å². The molecule has 0 aliphatic heterocycles. The second-order valence-corrected chi connectivity index (χ2v) is 9.64. The molecule has 1 aliphatic carbocycles. The van der Waals surface area contributed by atoms with Crippen LogP contribution in [0.2, 0.25) is 0 Å². The van der Waals surface area contributed by atoms with E-state index in [1.54, 1.807) is 11.8 Å². The molecule has 2 amide bonds. The molecule has 3 rings (SSSR count). The Kier molecular flexibility index (Phi) is 9.66. The van der Waals surface area contributed by atoms with Gasteiger partial charge in [0.05, 0.1) is 5.75 Å².